The minimum Gasteiger partial charge on any atom is -0.479 e. The van der Waals surface area contributed by atoms with E-state index in [9.17, 15) is 19.5 Å². The highest BCUT2D eigenvalue weighted by Crippen LogP contribution is 2.24. The van der Waals surface area contributed by atoms with Crippen LogP contribution >= 0.6 is 11.6 Å². The van der Waals surface area contributed by atoms with E-state index in [-0.39, 0.29) is 19.4 Å². The minimum atomic E-state index is -2.34. The maximum atomic E-state index is 12.6. The van der Waals surface area contributed by atoms with Crippen LogP contribution < -0.4 is 11.1 Å². The van der Waals surface area contributed by atoms with Crippen LogP contribution in [-0.2, 0) is 19.1 Å². The molecule has 0 aliphatic rings. The first-order valence-electron chi connectivity index (χ1n) is 8.36. The number of hydrogen-bond acceptors (Lipinski definition) is 6. The number of nitrogens with one attached hydrogen (secondary N) is 1. The Kier molecular flexibility index (Phi) is 8.05. The average Bonchev–Trinajstić information content (AvgIpc) is 2.57. The second-order valence-electron chi connectivity index (χ2n) is 6.86. The Morgan fingerprint density at radius 3 is 2.30 bits per heavy atom. The molecule has 8 nitrogen and oxygen atoms in total. The SMILES string of the molecule is CC(C)(C)OC(=O)C(CCCN)(NC(=O)OC(Cl)c1ccccc1)C(=O)O. The molecule has 1 amide bonds. The maximum absolute atomic E-state index is 12.6. The Morgan fingerprint density at radius 2 is 1.81 bits per heavy atom. The van der Waals surface area contributed by atoms with Gasteiger partial charge in [0.05, 0.1) is 0 Å². The van der Waals surface area contributed by atoms with Gasteiger partial charge < -0.3 is 20.3 Å². The quantitative estimate of drug-likeness (QED) is 0.347. The van der Waals surface area contributed by atoms with E-state index in [1.165, 1.54) is 0 Å². The molecular weight excluding hydrogens is 376 g/mol. The lowest BCUT2D eigenvalue weighted by Gasteiger charge is -2.31. The first-order valence-corrected chi connectivity index (χ1v) is 8.80. The van der Waals surface area contributed by atoms with Crippen LogP contribution in [0.2, 0.25) is 0 Å². The van der Waals surface area contributed by atoms with Crippen molar-refractivity contribution in [1.82, 2.24) is 5.32 Å². The van der Waals surface area contributed by atoms with Gasteiger partial charge in [-0.1, -0.05) is 41.9 Å². The fraction of sp³-hybridized carbons (Fsp3) is 0.500. The largest absolute Gasteiger partial charge is 0.479 e. The van der Waals surface area contributed by atoms with Crippen LogP contribution in [0.1, 0.15) is 44.7 Å². The van der Waals surface area contributed by atoms with Crippen molar-refractivity contribution in [2.75, 3.05) is 6.54 Å². The number of rotatable bonds is 8. The van der Waals surface area contributed by atoms with Crippen LogP contribution in [0, 0.1) is 0 Å². The molecule has 9 heteroatoms. The topological polar surface area (TPSA) is 128 Å². The van der Waals surface area contributed by atoms with E-state index in [1.54, 1.807) is 51.1 Å². The molecule has 0 aliphatic heterocycles. The van der Waals surface area contributed by atoms with Gasteiger partial charge in [0.1, 0.15) is 5.60 Å². The fourth-order valence-corrected chi connectivity index (χ4v) is 2.39. The molecule has 150 valence electrons. The molecule has 0 fully saturated rings. The Morgan fingerprint density at radius 1 is 1.22 bits per heavy atom. The highest BCUT2D eigenvalue weighted by Gasteiger charge is 2.50. The summed E-state index contributed by atoms with van der Waals surface area (Å²) in [6, 6.07) is 8.44. The van der Waals surface area contributed by atoms with Crippen molar-refractivity contribution in [3.8, 4) is 0 Å². The molecule has 2 unspecified atom stereocenters. The number of carboxylic acids is 1. The van der Waals surface area contributed by atoms with Crippen LogP contribution in [0.25, 0.3) is 0 Å². The monoisotopic (exact) mass is 400 g/mol. The van der Waals surface area contributed by atoms with Crippen LogP contribution in [0.15, 0.2) is 30.3 Å². The zero-order chi connectivity index (χ0) is 20.7. The second kappa shape index (κ2) is 9.57. The normalized spacial score (nSPS) is 14.6. The maximum Gasteiger partial charge on any atom is 0.410 e. The number of amides is 1. The number of carboxylic acid groups (broad SMARTS) is 1. The molecule has 0 bridgehead atoms. The summed E-state index contributed by atoms with van der Waals surface area (Å²) in [4.78, 5) is 36.7. The highest BCUT2D eigenvalue weighted by molar-refractivity contribution is 6.20. The first kappa shape index (κ1) is 22.7. The number of ether oxygens (including phenoxy) is 2. The van der Waals surface area contributed by atoms with Crippen molar-refractivity contribution < 1.29 is 29.0 Å². The van der Waals surface area contributed by atoms with Gasteiger partial charge in [0.15, 0.2) is 0 Å². The summed E-state index contributed by atoms with van der Waals surface area (Å²) in [5.74, 6) is -2.69. The summed E-state index contributed by atoms with van der Waals surface area (Å²) in [5, 5.41) is 11.8. The third kappa shape index (κ3) is 6.73. The number of esters is 1. The molecule has 2 atom stereocenters. The van der Waals surface area contributed by atoms with Gasteiger partial charge in [-0.05, 0) is 40.2 Å². The second-order valence-corrected chi connectivity index (χ2v) is 7.26. The standard InChI is InChI=1S/C18H25ClN2O6/c1-17(2,3)27-15(24)18(14(22)23,10-7-11-20)21-16(25)26-13(19)12-8-5-4-6-9-12/h4-6,8-9,13H,7,10-11,20H2,1-3H3,(H,21,25)(H,22,23). The van der Waals surface area contributed by atoms with Crippen molar-refractivity contribution >= 4 is 29.6 Å². The summed E-state index contributed by atoms with van der Waals surface area (Å²) in [7, 11) is 0. The van der Waals surface area contributed by atoms with Gasteiger partial charge >= 0.3 is 18.0 Å². The van der Waals surface area contributed by atoms with Gasteiger partial charge in [0, 0.05) is 5.56 Å². The first-order chi connectivity index (χ1) is 12.5. The Hall–Kier alpha value is -2.32. The Bertz CT molecular complexity index is 662. The zero-order valence-corrected chi connectivity index (χ0v) is 16.3. The molecule has 0 aromatic heterocycles. The van der Waals surface area contributed by atoms with E-state index in [4.69, 9.17) is 26.8 Å². The average molecular weight is 401 g/mol. The molecule has 0 saturated carbocycles. The number of nitrogens with two attached hydrogens (primary N) is 1. The highest BCUT2D eigenvalue weighted by atomic mass is 35.5. The number of aliphatic carboxylic acids is 1. The van der Waals surface area contributed by atoms with E-state index in [2.05, 4.69) is 5.32 Å². The summed E-state index contributed by atoms with van der Waals surface area (Å²) in [5.41, 5.74) is 1.48. The minimum absolute atomic E-state index is 0.122. The van der Waals surface area contributed by atoms with Gasteiger partial charge in [-0.25, -0.2) is 14.4 Å². The molecular formula is C18H25ClN2O6. The molecule has 4 N–H and O–H groups in total. The predicted octanol–water partition coefficient (Wildman–Crippen LogP) is 2.55. The van der Waals surface area contributed by atoms with E-state index in [1.807, 2.05) is 0 Å². The van der Waals surface area contributed by atoms with E-state index in [0.717, 1.165) is 0 Å². The summed E-state index contributed by atoms with van der Waals surface area (Å²) in [6.45, 7) is 4.88. The number of alkyl carbamates (subject to hydrolysis) is 1. The lowest BCUT2D eigenvalue weighted by Crippen LogP contribution is -2.62. The summed E-state index contributed by atoms with van der Waals surface area (Å²) >= 11 is 6.03. The van der Waals surface area contributed by atoms with Crippen molar-refractivity contribution in [3.05, 3.63) is 35.9 Å². The van der Waals surface area contributed by atoms with Gasteiger partial charge in [-0.2, -0.15) is 0 Å². The third-order valence-corrected chi connectivity index (χ3v) is 3.80. The van der Waals surface area contributed by atoms with Crippen LogP contribution in [0.5, 0.6) is 0 Å². The number of carbonyl (C=O) groups excluding carboxylic acids is 2. The fourth-order valence-electron chi connectivity index (χ4n) is 2.17. The Balaban J connectivity index is 3.02. The van der Waals surface area contributed by atoms with E-state index >= 15 is 0 Å². The van der Waals surface area contributed by atoms with Gasteiger partial charge in [0.2, 0.25) is 11.1 Å². The van der Waals surface area contributed by atoms with Crippen molar-refractivity contribution in [2.24, 2.45) is 5.73 Å². The molecule has 1 aromatic carbocycles. The van der Waals surface area contributed by atoms with Gasteiger partial charge in [0.25, 0.3) is 0 Å². The number of alkyl halides is 1. The predicted molar refractivity (Wildman–Crippen MR) is 99.2 cm³/mol. The number of hydrogen-bond donors (Lipinski definition) is 3. The van der Waals surface area contributed by atoms with Crippen molar-refractivity contribution in [1.29, 1.82) is 0 Å². The van der Waals surface area contributed by atoms with E-state index in [0.29, 0.717) is 5.56 Å². The molecule has 1 aromatic rings. The molecule has 27 heavy (non-hydrogen) atoms. The lowest BCUT2D eigenvalue weighted by molar-refractivity contribution is -0.171. The van der Waals surface area contributed by atoms with Crippen LogP contribution in [0.3, 0.4) is 0 Å². The molecule has 1 rings (SSSR count). The van der Waals surface area contributed by atoms with Crippen molar-refractivity contribution in [3.63, 3.8) is 0 Å². The molecule has 0 spiro atoms. The number of halogens is 1. The van der Waals surface area contributed by atoms with Gasteiger partial charge in [-0.3, -0.25) is 5.32 Å². The third-order valence-electron chi connectivity index (χ3n) is 3.46. The van der Waals surface area contributed by atoms with Crippen LogP contribution in [0.4, 0.5) is 4.79 Å². The molecule has 0 aliphatic carbocycles. The Labute approximate surface area is 163 Å². The smallest absolute Gasteiger partial charge is 0.410 e. The van der Waals surface area contributed by atoms with Crippen molar-refractivity contribution in [2.45, 2.75) is 50.3 Å². The lowest BCUT2D eigenvalue weighted by atomic mass is 9.93. The molecule has 0 heterocycles. The van der Waals surface area contributed by atoms with Gasteiger partial charge in [-0.15, -0.1) is 0 Å². The van der Waals surface area contributed by atoms with E-state index < -0.39 is 34.7 Å². The number of benzene rings is 1. The summed E-state index contributed by atoms with van der Waals surface area (Å²) in [6.07, 6.45) is -1.26. The number of carbonyl (C=O) groups is 3. The van der Waals surface area contributed by atoms with Crippen LogP contribution in [-0.4, -0.2) is 40.8 Å². The molecule has 0 radical (unpaired) electrons. The zero-order valence-electron chi connectivity index (χ0n) is 15.5. The summed E-state index contributed by atoms with van der Waals surface area (Å²) < 4.78 is 10.2. The molecule has 0 saturated heterocycles.